The Morgan fingerprint density at radius 1 is 1.17 bits per heavy atom. The summed E-state index contributed by atoms with van der Waals surface area (Å²) in [7, 11) is 0. The second kappa shape index (κ2) is 11.3. The molecule has 2 aliphatic heterocycles. The normalized spacial score (nSPS) is 20.7. The molecule has 2 aliphatic rings. The van der Waals surface area contributed by atoms with E-state index >= 15 is 0 Å². The maximum atomic E-state index is 12.7. The topological polar surface area (TPSA) is 71.5 Å². The van der Waals surface area contributed by atoms with Gasteiger partial charge in [-0.3, -0.25) is 19.5 Å². The first-order valence-corrected chi connectivity index (χ1v) is 10.5. The van der Waals surface area contributed by atoms with Crippen molar-refractivity contribution < 1.29 is 9.59 Å². The quantitative estimate of drug-likeness (QED) is 0.333. The number of aliphatic imine (C=N–C) groups is 1. The zero-order valence-corrected chi connectivity index (χ0v) is 21.2. The van der Waals surface area contributed by atoms with Crippen LogP contribution in [0.1, 0.15) is 41.5 Å². The van der Waals surface area contributed by atoms with Crippen LogP contribution in [0.15, 0.2) is 4.99 Å². The average molecular weight is 522 g/mol. The number of nitrogens with zero attached hydrogens (tertiary/aromatic N) is 5. The van der Waals surface area contributed by atoms with Crippen LogP contribution in [-0.2, 0) is 9.59 Å². The van der Waals surface area contributed by atoms with Crippen LogP contribution in [0.4, 0.5) is 0 Å². The number of rotatable bonds is 5. The molecule has 1 N–H and O–H groups in total. The van der Waals surface area contributed by atoms with Crippen LogP contribution < -0.4 is 5.32 Å². The number of hydrogen-bond donors (Lipinski definition) is 1. The van der Waals surface area contributed by atoms with Crippen molar-refractivity contribution in [3.05, 3.63) is 0 Å². The Labute approximate surface area is 193 Å². The molecular formula is C20H39IN6O2. The van der Waals surface area contributed by atoms with Gasteiger partial charge in [0.1, 0.15) is 0 Å². The van der Waals surface area contributed by atoms with Crippen LogP contribution in [0.5, 0.6) is 0 Å². The van der Waals surface area contributed by atoms with Crippen molar-refractivity contribution in [3.8, 4) is 0 Å². The number of carbonyl (C=O) groups is 2. The maximum Gasteiger partial charge on any atom is 0.242 e. The van der Waals surface area contributed by atoms with Crippen molar-refractivity contribution in [2.75, 3.05) is 58.9 Å². The third-order valence-corrected chi connectivity index (χ3v) is 5.47. The summed E-state index contributed by atoms with van der Waals surface area (Å²) < 4.78 is 0. The Kier molecular flexibility index (Phi) is 10.1. The summed E-state index contributed by atoms with van der Waals surface area (Å²) in [5.74, 6) is 1.12. The standard InChI is InChI=1S/C20H38N6O2.HI/c1-7-21-19(22-8-9-23-10-12-24(13-11-23)17(4)27)25-14-18(28)26(16(2)3)20(5,6)15-25;/h16H,7-15H2,1-6H3,(H,21,22);1H. The van der Waals surface area contributed by atoms with Crippen molar-refractivity contribution in [2.45, 2.75) is 53.1 Å². The van der Waals surface area contributed by atoms with Crippen LogP contribution in [0, 0.1) is 0 Å². The SMILES string of the molecule is CCNC(=NCCN1CCN(C(C)=O)CC1)N1CC(=O)N(C(C)C)C(C)(C)C1.I. The first-order chi connectivity index (χ1) is 13.2. The van der Waals surface area contributed by atoms with Gasteiger partial charge in [-0.25, -0.2) is 0 Å². The van der Waals surface area contributed by atoms with Gasteiger partial charge in [-0.05, 0) is 34.6 Å². The molecule has 2 rings (SSSR count). The lowest BCUT2D eigenvalue weighted by Crippen LogP contribution is -2.66. The first kappa shape index (κ1) is 25.9. The van der Waals surface area contributed by atoms with Crippen molar-refractivity contribution in [3.63, 3.8) is 0 Å². The van der Waals surface area contributed by atoms with Gasteiger partial charge in [0.05, 0.1) is 18.6 Å². The number of halogens is 1. The summed E-state index contributed by atoms with van der Waals surface area (Å²) in [4.78, 5) is 37.3. The molecule has 9 heteroatoms. The lowest BCUT2D eigenvalue weighted by Gasteiger charge is -2.49. The summed E-state index contributed by atoms with van der Waals surface area (Å²) in [6, 6.07) is 0.192. The van der Waals surface area contributed by atoms with E-state index in [0.29, 0.717) is 13.1 Å². The first-order valence-electron chi connectivity index (χ1n) is 10.5. The number of carbonyl (C=O) groups excluding carboxylic acids is 2. The van der Waals surface area contributed by atoms with Crippen molar-refractivity contribution in [1.82, 2.24) is 24.9 Å². The van der Waals surface area contributed by atoms with Gasteiger partial charge in [0.15, 0.2) is 5.96 Å². The van der Waals surface area contributed by atoms with Gasteiger partial charge >= 0.3 is 0 Å². The molecule has 0 aromatic heterocycles. The van der Waals surface area contributed by atoms with E-state index < -0.39 is 0 Å². The monoisotopic (exact) mass is 522 g/mol. The summed E-state index contributed by atoms with van der Waals surface area (Å²) in [6.07, 6.45) is 0. The summed E-state index contributed by atoms with van der Waals surface area (Å²) >= 11 is 0. The zero-order valence-electron chi connectivity index (χ0n) is 18.9. The summed E-state index contributed by atoms with van der Waals surface area (Å²) in [5.41, 5.74) is -0.233. The Bertz CT molecular complexity index is 588. The van der Waals surface area contributed by atoms with Crippen molar-refractivity contribution in [2.24, 2.45) is 4.99 Å². The predicted octanol–water partition coefficient (Wildman–Crippen LogP) is 1.07. The predicted molar refractivity (Wildman–Crippen MR) is 128 cm³/mol. The molecule has 8 nitrogen and oxygen atoms in total. The highest BCUT2D eigenvalue weighted by atomic mass is 127. The molecule has 0 aromatic carbocycles. The van der Waals surface area contributed by atoms with Gasteiger partial charge < -0.3 is 20.0 Å². The summed E-state index contributed by atoms with van der Waals surface area (Å²) in [5, 5.41) is 3.35. The fourth-order valence-corrected chi connectivity index (χ4v) is 4.32. The largest absolute Gasteiger partial charge is 0.357 e. The molecule has 2 heterocycles. The van der Waals surface area contributed by atoms with Crippen LogP contribution in [0.2, 0.25) is 0 Å². The van der Waals surface area contributed by atoms with Crippen LogP contribution >= 0.6 is 24.0 Å². The molecule has 168 valence electrons. The maximum absolute atomic E-state index is 12.7. The molecule has 0 spiro atoms. The Morgan fingerprint density at radius 3 is 2.28 bits per heavy atom. The summed E-state index contributed by atoms with van der Waals surface area (Å²) in [6.45, 7) is 18.9. The van der Waals surface area contributed by atoms with Gasteiger partial charge in [0, 0.05) is 58.8 Å². The molecule has 2 fully saturated rings. The minimum Gasteiger partial charge on any atom is -0.357 e. The van der Waals surface area contributed by atoms with E-state index in [2.05, 4.69) is 42.8 Å². The highest BCUT2D eigenvalue weighted by Gasteiger charge is 2.40. The fraction of sp³-hybridized carbons (Fsp3) is 0.850. The molecule has 0 unspecified atom stereocenters. The Morgan fingerprint density at radius 2 is 1.79 bits per heavy atom. The van der Waals surface area contributed by atoms with E-state index in [1.807, 2.05) is 16.7 Å². The third-order valence-electron chi connectivity index (χ3n) is 5.47. The van der Waals surface area contributed by atoms with Crippen molar-refractivity contribution >= 4 is 41.8 Å². The molecular weight excluding hydrogens is 483 g/mol. The van der Waals surface area contributed by atoms with E-state index in [1.54, 1.807) is 6.92 Å². The minimum atomic E-state index is -0.233. The van der Waals surface area contributed by atoms with E-state index in [-0.39, 0.29) is 47.4 Å². The van der Waals surface area contributed by atoms with Gasteiger partial charge in [0.2, 0.25) is 11.8 Å². The molecule has 29 heavy (non-hydrogen) atoms. The smallest absolute Gasteiger partial charge is 0.242 e. The van der Waals surface area contributed by atoms with Gasteiger partial charge in [-0.15, -0.1) is 24.0 Å². The van der Waals surface area contributed by atoms with Crippen LogP contribution in [-0.4, -0.2) is 108 Å². The second-order valence-electron chi connectivity index (χ2n) is 8.61. The third kappa shape index (κ3) is 6.97. The van der Waals surface area contributed by atoms with Gasteiger partial charge in [-0.1, -0.05) is 0 Å². The lowest BCUT2D eigenvalue weighted by atomic mass is 9.96. The van der Waals surface area contributed by atoms with Gasteiger partial charge in [-0.2, -0.15) is 0 Å². The lowest BCUT2D eigenvalue weighted by molar-refractivity contribution is -0.145. The highest BCUT2D eigenvalue weighted by Crippen LogP contribution is 2.24. The average Bonchev–Trinajstić information content (AvgIpc) is 2.59. The zero-order chi connectivity index (χ0) is 20.9. The van der Waals surface area contributed by atoms with Crippen molar-refractivity contribution in [1.29, 1.82) is 0 Å². The van der Waals surface area contributed by atoms with Crippen LogP contribution in [0.3, 0.4) is 0 Å². The molecule has 0 saturated carbocycles. The fourth-order valence-electron chi connectivity index (χ4n) is 4.32. The van der Waals surface area contributed by atoms with E-state index in [0.717, 1.165) is 51.8 Å². The second-order valence-corrected chi connectivity index (χ2v) is 8.61. The van der Waals surface area contributed by atoms with E-state index in [9.17, 15) is 9.59 Å². The van der Waals surface area contributed by atoms with Crippen LogP contribution in [0.25, 0.3) is 0 Å². The van der Waals surface area contributed by atoms with Gasteiger partial charge in [0.25, 0.3) is 0 Å². The molecule has 0 aliphatic carbocycles. The molecule has 0 radical (unpaired) electrons. The molecule has 2 saturated heterocycles. The molecule has 0 bridgehead atoms. The minimum absolute atomic E-state index is 0. The molecule has 2 amide bonds. The number of guanidine groups is 1. The van der Waals surface area contributed by atoms with E-state index in [4.69, 9.17) is 4.99 Å². The number of nitrogens with one attached hydrogen (secondary N) is 1. The number of hydrogen-bond acceptors (Lipinski definition) is 4. The Hall–Kier alpha value is -1.10. The number of piperazine rings is 2. The Balaban J connectivity index is 0.00000420. The molecule has 0 atom stereocenters. The van der Waals surface area contributed by atoms with E-state index in [1.165, 1.54) is 0 Å². The molecule has 0 aromatic rings. The number of amides is 2. The highest BCUT2D eigenvalue weighted by molar-refractivity contribution is 14.0.